The Balaban J connectivity index is 1.94. The van der Waals surface area contributed by atoms with E-state index in [0.717, 1.165) is 5.56 Å². The first-order valence-electron chi connectivity index (χ1n) is 7.38. The minimum Gasteiger partial charge on any atom is -0.497 e. The lowest BCUT2D eigenvalue weighted by atomic mass is 10.1. The number of benzene rings is 2. The van der Waals surface area contributed by atoms with Crippen molar-refractivity contribution in [2.24, 2.45) is 0 Å². The molecule has 2 rings (SSSR count). The van der Waals surface area contributed by atoms with E-state index in [9.17, 15) is 14.9 Å². The fourth-order valence-corrected chi connectivity index (χ4v) is 2.38. The van der Waals surface area contributed by atoms with Gasteiger partial charge in [0, 0.05) is 17.3 Å². The molecule has 0 fully saturated rings. The molecule has 0 aliphatic carbocycles. The number of amides is 1. The molecule has 0 aliphatic rings. The highest BCUT2D eigenvalue weighted by atomic mass is 32.1. The average molecular weight is 359 g/mol. The maximum atomic E-state index is 12.0. The number of nitro benzene ring substituents is 1. The van der Waals surface area contributed by atoms with Gasteiger partial charge in [0.05, 0.1) is 18.5 Å². The number of anilines is 1. The van der Waals surface area contributed by atoms with Crippen LogP contribution in [0.1, 0.15) is 11.1 Å². The van der Waals surface area contributed by atoms with E-state index in [-0.39, 0.29) is 23.1 Å². The Labute approximate surface area is 150 Å². The molecule has 25 heavy (non-hydrogen) atoms. The van der Waals surface area contributed by atoms with Crippen molar-refractivity contribution in [1.29, 1.82) is 0 Å². The lowest BCUT2D eigenvalue weighted by Crippen LogP contribution is -2.35. The van der Waals surface area contributed by atoms with Crippen LogP contribution in [0.5, 0.6) is 5.75 Å². The Kier molecular flexibility index (Phi) is 6.02. The van der Waals surface area contributed by atoms with Gasteiger partial charge < -0.3 is 15.4 Å². The van der Waals surface area contributed by atoms with E-state index < -0.39 is 4.92 Å². The zero-order chi connectivity index (χ0) is 18.4. The van der Waals surface area contributed by atoms with Crippen LogP contribution >= 0.6 is 12.2 Å². The molecule has 0 aliphatic heterocycles. The summed E-state index contributed by atoms with van der Waals surface area (Å²) < 4.78 is 5.06. The third-order valence-corrected chi connectivity index (χ3v) is 3.64. The number of aryl methyl sites for hydroxylation is 1. The second-order valence-electron chi connectivity index (χ2n) is 5.29. The lowest BCUT2D eigenvalue weighted by molar-refractivity contribution is -0.385. The highest BCUT2D eigenvalue weighted by Crippen LogP contribution is 2.22. The smallest absolute Gasteiger partial charge is 0.274 e. The van der Waals surface area contributed by atoms with Crippen molar-refractivity contribution in [1.82, 2.24) is 5.32 Å². The van der Waals surface area contributed by atoms with Gasteiger partial charge in [0.15, 0.2) is 5.11 Å². The van der Waals surface area contributed by atoms with Gasteiger partial charge in [0.1, 0.15) is 5.75 Å². The number of nitrogens with one attached hydrogen (secondary N) is 2. The van der Waals surface area contributed by atoms with Crippen molar-refractivity contribution in [3.63, 3.8) is 0 Å². The molecule has 2 N–H and O–H groups in total. The molecule has 7 nitrogen and oxygen atoms in total. The monoisotopic (exact) mass is 359 g/mol. The molecule has 8 heteroatoms. The number of nitrogens with zero attached hydrogens (tertiary/aromatic N) is 1. The van der Waals surface area contributed by atoms with Gasteiger partial charge in [-0.05, 0) is 42.9 Å². The molecule has 130 valence electrons. The number of nitro groups is 1. The molecule has 0 heterocycles. The molecule has 0 saturated heterocycles. The van der Waals surface area contributed by atoms with Crippen LogP contribution in [-0.4, -0.2) is 23.1 Å². The van der Waals surface area contributed by atoms with Crippen molar-refractivity contribution >= 4 is 34.6 Å². The summed E-state index contributed by atoms with van der Waals surface area (Å²) in [7, 11) is 1.57. The molecule has 1 amide bonds. The first-order valence-corrected chi connectivity index (χ1v) is 7.78. The van der Waals surface area contributed by atoms with Gasteiger partial charge in [0.25, 0.3) is 5.69 Å². The van der Waals surface area contributed by atoms with E-state index in [1.54, 1.807) is 50.4 Å². The van der Waals surface area contributed by atoms with Gasteiger partial charge >= 0.3 is 0 Å². The molecule has 0 atom stereocenters. The molecule has 2 aromatic rings. The summed E-state index contributed by atoms with van der Waals surface area (Å²) in [5, 5.41) is 16.4. The summed E-state index contributed by atoms with van der Waals surface area (Å²) in [6, 6.07) is 11.8. The van der Waals surface area contributed by atoms with Gasteiger partial charge in [-0.1, -0.05) is 18.2 Å². The second-order valence-corrected chi connectivity index (χ2v) is 5.69. The molecular weight excluding hydrogens is 342 g/mol. The molecule has 2 aromatic carbocycles. The van der Waals surface area contributed by atoms with Crippen LogP contribution in [0, 0.1) is 17.0 Å². The van der Waals surface area contributed by atoms with E-state index in [2.05, 4.69) is 10.6 Å². The van der Waals surface area contributed by atoms with Crippen molar-refractivity contribution in [2.75, 3.05) is 12.4 Å². The predicted octanol–water partition coefficient (Wildman–Crippen LogP) is 2.97. The van der Waals surface area contributed by atoms with E-state index in [0.29, 0.717) is 17.0 Å². The maximum Gasteiger partial charge on any atom is 0.274 e. The van der Waals surface area contributed by atoms with Crippen LogP contribution in [0.25, 0.3) is 0 Å². The molecule has 0 unspecified atom stereocenters. The summed E-state index contributed by atoms with van der Waals surface area (Å²) in [5.74, 6) is 0.423. The number of carbonyl (C=O) groups excluding carboxylic acids is 1. The van der Waals surface area contributed by atoms with Gasteiger partial charge in [-0.3, -0.25) is 14.9 Å². The zero-order valence-corrected chi connectivity index (χ0v) is 14.6. The Morgan fingerprint density at radius 2 is 1.92 bits per heavy atom. The van der Waals surface area contributed by atoms with E-state index in [4.69, 9.17) is 17.0 Å². The van der Waals surface area contributed by atoms with Crippen LogP contribution in [0.2, 0.25) is 0 Å². The van der Waals surface area contributed by atoms with Crippen molar-refractivity contribution in [3.05, 3.63) is 63.7 Å². The Morgan fingerprint density at radius 1 is 1.24 bits per heavy atom. The van der Waals surface area contributed by atoms with Crippen LogP contribution < -0.4 is 15.4 Å². The highest BCUT2D eigenvalue weighted by molar-refractivity contribution is 7.80. The molecule has 0 bridgehead atoms. The maximum absolute atomic E-state index is 12.0. The van der Waals surface area contributed by atoms with E-state index >= 15 is 0 Å². The Hall–Kier alpha value is -3.00. The minimum absolute atomic E-state index is 0.0163. The topological polar surface area (TPSA) is 93.5 Å². The number of hydrogen-bond acceptors (Lipinski definition) is 5. The summed E-state index contributed by atoms with van der Waals surface area (Å²) in [6.07, 6.45) is 0.153. The Bertz CT molecular complexity index is 806. The fraction of sp³-hybridized carbons (Fsp3) is 0.176. The normalized spacial score (nSPS) is 10.0. The number of methoxy groups -OCH3 is 1. The number of rotatable bonds is 5. The second kappa shape index (κ2) is 8.20. The third kappa shape index (κ3) is 5.25. The number of carbonyl (C=O) groups is 1. The summed E-state index contributed by atoms with van der Waals surface area (Å²) >= 11 is 5.08. The number of thiocarbonyl (C=S) groups is 1. The predicted molar refractivity (Wildman–Crippen MR) is 98.9 cm³/mol. The molecule has 0 spiro atoms. The summed E-state index contributed by atoms with van der Waals surface area (Å²) in [5.41, 5.74) is 1.78. The molecule has 0 radical (unpaired) electrons. The molecular formula is C17H17N3O4S. The van der Waals surface area contributed by atoms with Crippen LogP contribution in [0.4, 0.5) is 11.4 Å². The highest BCUT2D eigenvalue weighted by Gasteiger charge is 2.12. The summed E-state index contributed by atoms with van der Waals surface area (Å²) in [6.45, 7) is 1.65. The number of ether oxygens (including phenoxy) is 1. The quantitative estimate of drug-likeness (QED) is 0.484. The summed E-state index contributed by atoms with van der Waals surface area (Å²) in [4.78, 5) is 22.5. The van der Waals surface area contributed by atoms with Gasteiger partial charge in [0.2, 0.25) is 5.91 Å². The van der Waals surface area contributed by atoms with Crippen molar-refractivity contribution in [2.45, 2.75) is 13.3 Å². The minimum atomic E-state index is -0.466. The standard InChI is InChI=1S/C17H17N3O4S/c1-11-3-6-13(10-15(11)20(22)23)18-17(25)19-16(21)9-12-4-7-14(24-2)8-5-12/h3-8,10H,9H2,1-2H3,(H2,18,19,21,25). The van der Waals surface area contributed by atoms with Crippen molar-refractivity contribution < 1.29 is 14.5 Å². The van der Waals surface area contributed by atoms with Crippen LogP contribution in [-0.2, 0) is 11.2 Å². The van der Waals surface area contributed by atoms with Crippen LogP contribution in [0.3, 0.4) is 0 Å². The first-order chi connectivity index (χ1) is 11.9. The van der Waals surface area contributed by atoms with Crippen LogP contribution in [0.15, 0.2) is 42.5 Å². The molecule has 0 aromatic heterocycles. The first kappa shape index (κ1) is 18.3. The Morgan fingerprint density at radius 3 is 2.52 bits per heavy atom. The van der Waals surface area contributed by atoms with E-state index in [1.165, 1.54) is 6.07 Å². The average Bonchev–Trinajstić information content (AvgIpc) is 2.56. The number of hydrogen-bond donors (Lipinski definition) is 2. The largest absolute Gasteiger partial charge is 0.497 e. The molecule has 0 saturated carbocycles. The zero-order valence-electron chi connectivity index (χ0n) is 13.7. The fourth-order valence-electron chi connectivity index (χ4n) is 2.15. The third-order valence-electron chi connectivity index (χ3n) is 3.44. The van der Waals surface area contributed by atoms with E-state index in [1.807, 2.05) is 0 Å². The SMILES string of the molecule is COc1ccc(CC(=O)NC(=S)Nc2ccc(C)c([N+](=O)[O-])c2)cc1. The van der Waals surface area contributed by atoms with Gasteiger partial charge in [-0.25, -0.2) is 0 Å². The van der Waals surface area contributed by atoms with Gasteiger partial charge in [-0.2, -0.15) is 0 Å². The lowest BCUT2D eigenvalue weighted by Gasteiger charge is -2.10. The van der Waals surface area contributed by atoms with Gasteiger partial charge in [-0.15, -0.1) is 0 Å². The van der Waals surface area contributed by atoms with Crippen molar-refractivity contribution in [3.8, 4) is 5.75 Å².